The predicted molar refractivity (Wildman–Crippen MR) is 89.6 cm³/mol. The highest BCUT2D eigenvalue weighted by atomic mass is 19.1. The first-order chi connectivity index (χ1) is 12.1. The molecule has 2 heterocycles. The standard InChI is InChI=1S/C17H17FN6O/c1-24-13-9-5-3-7-11(13)14(23-24)16(25)20-17-19-15(21-22-17)10-6-2-4-8-12(10)18/h2,4,6,8H,3,5,7,9H2,1H3,(H2,19,20,21,22,25). The summed E-state index contributed by atoms with van der Waals surface area (Å²) in [5.74, 6) is -0.400. The second kappa shape index (κ2) is 6.12. The van der Waals surface area contributed by atoms with Gasteiger partial charge in [-0.1, -0.05) is 12.1 Å². The molecule has 25 heavy (non-hydrogen) atoms. The number of halogens is 1. The molecular formula is C17H17FN6O. The summed E-state index contributed by atoms with van der Waals surface area (Å²) in [6, 6.07) is 6.24. The maximum absolute atomic E-state index is 13.8. The molecule has 0 atom stereocenters. The second-order valence-corrected chi connectivity index (χ2v) is 6.05. The topological polar surface area (TPSA) is 88.5 Å². The molecule has 4 rings (SSSR count). The monoisotopic (exact) mass is 340 g/mol. The maximum Gasteiger partial charge on any atom is 0.278 e. The van der Waals surface area contributed by atoms with E-state index < -0.39 is 5.82 Å². The van der Waals surface area contributed by atoms with E-state index in [4.69, 9.17) is 0 Å². The highest BCUT2D eigenvalue weighted by Gasteiger charge is 2.24. The average Bonchev–Trinajstić information content (AvgIpc) is 3.21. The minimum absolute atomic E-state index is 0.0958. The minimum Gasteiger partial charge on any atom is -0.288 e. The number of fused-ring (bicyclic) bond motifs is 1. The third kappa shape index (κ3) is 2.79. The van der Waals surface area contributed by atoms with Crippen LogP contribution in [0.2, 0.25) is 0 Å². The van der Waals surface area contributed by atoms with Gasteiger partial charge in [0.15, 0.2) is 11.5 Å². The molecule has 0 unspecified atom stereocenters. The van der Waals surface area contributed by atoms with Gasteiger partial charge in [-0.2, -0.15) is 10.1 Å². The average molecular weight is 340 g/mol. The van der Waals surface area contributed by atoms with Gasteiger partial charge < -0.3 is 0 Å². The Hall–Kier alpha value is -3.03. The van der Waals surface area contributed by atoms with Crippen LogP contribution in [-0.2, 0) is 19.9 Å². The van der Waals surface area contributed by atoms with Gasteiger partial charge in [0.1, 0.15) is 5.82 Å². The van der Waals surface area contributed by atoms with E-state index in [1.807, 2.05) is 7.05 Å². The zero-order chi connectivity index (χ0) is 17.4. The summed E-state index contributed by atoms with van der Waals surface area (Å²) in [5.41, 5.74) is 2.81. The summed E-state index contributed by atoms with van der Waals surface area (Å²) in [6.07, 6.45) is 3.95. The fourth-order valence-corrected chi connectivity index (χ4v) is 3.21. The van der Waals surface area contributed by atoms with Crippen LogP contribution in [0, 0.1) is 5.82 Å². The van der Waals surface area contributed by atoms with Gasteiger partial charge in [-0.3, -0.25) is 19.9 Å². The van der Waals surface area contributed by atoms with Gasteiger partial charge in [-0.25, -0.2) is 4.39 Å². The summed E-state index contributed by atoms with van der Waals surface area (Å²) in [7, 11) is 1.85. The van der Waals surface area contributed by atoms with Crippen LogP contribution in [0.15, 0.2) is 24.3 Å². The SMILES string of the molecule is Cn1nc(C(=O)Nc2n[nH]c(-c3ccccc3F)n2)c2c1CCCC2. The van der Waals surface area contributed by atoms with Crippen LogP contribution in [0.3, 0.4) is 0 Å². The molecule has 0 aliphatic heterocycles. The number of hydrogen-bond acceptors (Lipinski definition) is 4. The molecule has 7 nitrogen and oxygen atoms in total. The summed E-state index contributed by atoms with van der Waals surface area (Å²) >= 11 is 0. The van der Waals surface area contributed by atoms with E-state index in [-0.39, 0.29) is 17.7 Å². The second-order valence-electron chi connectivity index (χ2n) is 6.05. The van der Waals surface area contributed by atoms with Crippen molar-refractivity contribution >= 4 is 11.9 Å². The lowest BCUT2D eigenvalue weighted by Crippen LogP contribution is -2.16. The summed E-state index contributed by atoms with van der Waals surface area (Å²) in [5, 5.41) is 13.6. The molecule has 1 aliphatic rings. The third-order valence-electron chi connectivity index (χ3n) is 4.42. The van der Waals surface area contributed by atoms with Crippen molar-refractivity contribution in [2.45, 2.75) is 25.7 Å². The molecule has 128 valence electrons. The van der Waals surface area contributed by atoms with E-state index in [0.29, 0.717) is 11.3 Å². The summed E-state index contributed by atoms with van der Waals surface area (Å²) < 4.78 is 15.6. The lowest BCUT2D eigenvalue weighted by Gasteiger charge is -2.12. The first-order valence-corrected chi connectivity index (χ1v) is 8.17. The Kier molecular flexibility index (Phi) is 3.79. The molecule has 2 N–H and O–H groups in total. The van der Waals surface area contributed by atoms with Crippen LogP contribution in [0.1, 0.15) is 34.6 Å². The van der Waals surface area contributed by atoms with Crippen molar-refractivity contribution in [3.05, 3.63) is 47.0 Å². The summed E-state index contributed by atoms with van der Waals surface area (Å²) in [4.78, 5) is 16.7. The molecule has 0 bridgehead atoms. The Balaban J connectivity index is 1.57. The van der Waals surface area contributed by atoms with Gasteiger partial charge in [-0.05, 0) is 37.8 Å². The zero-order valence-electron chi connectivity index (χ0n) is 13.7. The number of aromatic amines is 1. The molecule has 0 radical (unpaired) electrons. The number of nitrogens with one attached hydrogen (secondary N) is 2. The number of benzene rings is 1. The van der Waals surface area contributed by atoms with Crippen molar-refractivity contribution in [2.24, 2.45) is 7.05 Å². The van der Waals surface area contributed by atoms with Crippen molar-refractivity contribution in [1.29, 1.82) is 0 Å². The fraction of sp³-hybridized carbons (Fsp3) is 0.294. The Morgan fingerprint density at radius 1 is 1.28 bits per heavy atom. The normalized spacial score (nSPS) is 13.5. The molecule has 1 aliphatic carbocycles. The van der Waals surface area contributed by atoms with Gasteiger partial charge in [0.2, 0.25) is 5.95 Å². The fourth-order valence-electron chi connectivity index (χ4n) is 3.21. The van der Waals surface area contributed by atoms with Gasteiger partial charge in [0, 0.05) is 18.3 Å². The molecule has 8 heteroatoms. The molecule has 1 aromatic carbocycles. The van der Waals surface area contributed by atoms with Crippen LogP contribution >= 0.6 is 0 Å². The molecule has 0 fully saturated rings. The highest BCUT2D eigenvalue weighted by molar-refractivity contribution is 6.03. The van der Waals surface area contributed by atoms with Crippen molar-refractivity contribution < 1.29 is 9.18 Å². The number of H-pyrrole nitrogens is 1. The number of hydrogen-bond donors (Lipinski definition) is 2. The Bertz CT molecular complexity index is 945. The quantitative estimate of drug-likeness (QED) is 0.767. The van der Waals surface area contributed by atoms with E-state index in [1.165, 1.54) is 6.07 Å². The van der Waals surface area contributed by atoms with E-state index in [1.54, 1.807) is 22.9 Å². The molecule has 3 aromatic rings. The van der Waals surface area contributed by atoms with E-state index >= 15 is 0 Å². The van der Waals surface area contributed by atoms with Crippen molar-refractivity contribution in [1.82, 2.24) is 25.0 Å². The van der Waals surface area contributed by atoms with E-state index in [2.05, 4.69) is 25.6 Å². The number of anilines is 1. The lowest BCUT2D eigenvalue weighted by molar-refractivity contribution is 0.102. The molecule has 1 amide bonds. The third-order valence-corrected chi connectivity index (χ3v) is 4.42. The Labute approximate surface area is 143 Å². The van der Waals surface area contributed by atoms with Crippen LogP contribution in [-0.4, -0.2) is 30.9 Å². The number of amides is 1. The first kappa shape index (κ1) is 15.5. The number of rotatable bonds is 3. The molecule has 0 saturated carbocycles. The zero-order valence-corrected chi connectivity index (χ0v) is 13.7. The number of aryl methyl sites for hydroxylation is 1. The van der Waals surface area contributed by atoms with E-state index in [9.17, 15) is 9.18 Å². The van der Waals surface area contributed by atoms with Crippen LogP contribution in [0.4, 0.5) is 10.3 Å². The lowest BCUT2D eigenvalue weighted by atomic mass is 9.95. The number of aromatic nitrogens is 5. The van der Waals surface area contributed by atoms with Crippen LogP contribution in [0.5, 0.6) is 0 Å². The van der Waals surface area contributed by atoms with Crippen molar-refractivity contribution in [3.63, 3.8) is 0 Å². The van der Waals surface area contributed by atoms with Gasteiger partial charge in [-0.15, -0.1) is 5.10 Å². The predicted octanol–water partition coefficient (Wildman–Crippen LogP) is 2.48. The van der Waals surface area contributed by atoms with Crippen LogP contribution < -0.4 is 5.32 Å². The highest BCUT2D eigenvalue weighted by Crippen LogP contribution is 2.24. The Morgan fingerprint density at radius 3 is 2.92 bits per heavy atom. The van der Waals surface area contributed by atoms with Gasteiger partial charge in [0.25, 0.3) is 5.91 Å². The van der Waals surface area contributed by atoms with E-state index in [0.717, 1.165) is 36.9 Å². The minimum atomic E-state index is -0.407. The summed E-state index contributed by atoms with van der Waals surface area (Å²) in [6.45, 7) is 0. The molecule has 0 spiro atoms. The number of nitrogens with zero attached hydrogens (tertiary/aromatic N) is 4. The van der Waals surface area contributed by atoms with Crippen molar-refractivity contribution in [2.75, 3.05) is 5.32 Å². The maximum atomic E-state index is 13.8. The molecule has 2 aromatic heterocycles. The Morgan fingerprint density at radius 2 is 2.08 bits per heavy atom. The van der Waals surface area contributed by atoms with Crippen molar-refractivity contribution in [3.8, 4) is 11.4 Å². The molecule has 0 saturated heterocycles. The number of carbonyl (C=O) groups excluding carboxylic acids is 1. The molecular weight excluding hydrogens is 323 g/mol. The van der Waals surface area contributed by atoms with Crippen LogP contribution in [0.25, 0.3) is 11.4 Å². The first-order valence-electron chi connectivity index (χ1n) is 8.17. The smallest absolute Gasteiger partial charge is 0.278 e. The number of carbonyl (C=O) groups is 1. The van der Waals surface area contributed by atoms with Gasteiger partial charge >= 0.3 is 0 Å². The van der Waals surface area contributed by atoms with Gasteiger partial charge in [0.05, 0.1) is 5.56 Å². The largest absolute Gasteiger partial charge is 0.288 e.